The lowest BCUT2D eigenvalue weighted by atomic mass is 10.2. The summed E-state index contributed by atoms with van der Waals surface area (Å²) in [4.78, 5) is 29.4. The van der Waals surface area contributed by atoms with E-state index in [9.17, 15) is 9.59 Å². The molecule has 26 heavy (non-hydrogen) atoms. The molecule has 0 fully saturated rings. The van der Waals surface area contributed by atoms with Gasteiger partial charge in [-0.25, -0.2) is 4.98 Å². The van der Waals surface area contributed by atoms with Crippen LogP contribution in [0.2, 0.25) is 0 Å². The molecule has 7 nitrogen and oxygen atoms in total. The summed E-state index contributed by atoms with van der Waals surface area (Å²) >= 11 is 0. The lowest BCUT2D eigenvalue weighted by Crippen LogP contribution is -2.27. The van der Waals surface area contributed by atoms with E-state index in [1.165, 1.54) is 0 Å². The predicted molar refractivity (Wildman–Crippen MR) is 98.5 cm³/mol. The number of methoxy groups -OCH3 is 1. The van der Waals surface area contributed by atoms with Crippen molar-refractivity contribution in [1.82, 2.24) is 14.7 Å². The van der Waals surface area contributed by atoms with Gasteiger partial charge >= 0.3 is 0 Å². The highest BCUT2D eigenvalue weighted by molar-refractivity contribution is 6.06. The number of nitrogens with one attached hydrogen (secondary N) is 2. The summed E-state index contributed by atoms with van der Waals surface area (Å²) < 4.78 is 6.54. The maximum absolute atomic E-state index is 12.7. The van der Waals surface area contributed by atoms with Crippen LogP contribution in [0.4, 0.5) is 5.69 Å². The molecule has 0 radical (unpaired) electrons. The molecule has 1 aromatic carbocycles. The number of benzene rings is 1. The van der Waals surface area contributed by atoms with E-state index in [0.717, 1.165) is 5.56 Å². The summed E-state index contributed by atoms with van der Waals surface area (Å²) in [5.74, 6) is -0.577. The highest BCUT2D eigenvalue weighted by atomic mass is 16.5. The van der Waals surface area contributed by atoms with Crippen molar-refractivity contribution in [3.05, 3.63) is 65.7 Å². The third kappa shape index (κ3) is 3.73. The number of fused-ring (bicyclic) bond motifs is 1. The number of hydrogen-bond acceptors (Lipinski definition) is 4. The first-order valence-corrected chi connectivity index (χ1v) is 8.22. The van der Waals surface area contributed by atoms with Crippen LogP contribution in [0.5, 0.6) is 0 Å². The molecule has 2 heterocycles. The smallest absolute Gasteiger partial charge is 0.292 e. The molecule has 0 spiro atoms. The van der Waals surface area contributed by atoms with Crippen LogP contribution in [0.25, 0.3) is 5.52 Å². The van der Waals surface area contributed by atoms with Crippen LogP contribution in [0, 0.1) is 6.92 Å². The maximum atomic E-state index is 12.7. The highest BCUT2D eigenvalue weighted by Gasteiger charge is 2.21. The number of pyridine rings is 1. The van der Waals surface area contributed by atoms with Gasteiger partial charge in [0.05, 0.1) is 12.1 Å². The number of rotatable bonds is 6. The standard InChI is InChI=1S/C19H20N4O3/c1-13-6-5-7-14(12-13)21-19(25)17-22-16(18(24)20-9-11-26-2)15-8-3-4-10-23(15)17/h3-8,10,12H,9,11H2,1-2H3,(H,20,24)(H,21,25). The molecule has 2 aromatic heterocycles. The Morgan fingerprint density at radius 1 is 1.15 bits per heavy atom. The largest absolute Gasteiger partial charge is 0.383 e. The summed E-state index contributed by atoms with van der Waals surface area (Å²) in [6.45, 7) is 2.72. The third-order valence-electron chi connectivity index (χ3n) is 3.83. The van der Waals surface area contributed by atoms with Crippen LogP contribution >= 0.6 is 0 Å². The average molecular weight is 352 g/mol. The Morgan fingerprint density at radius 3 is 2.77 bits per heavy atom. The lowest BCUT2D eigenvalue weighted by Gasteiger charge is -2.05. The van der Waals surface area contributed by atoms with E-state index in [-0.39, 0.29) is 23.3 Å². The zero-order valence-electron chi connectivity index (χ0n) is 14.7. The maximum Gasteiger partial charge on any atom is 0.292 e. The van der Waals surface area contributed by atoms with Gasteiger partial charge in [0, 0.05) is 25.5 Å². The fourth-order valence-electron chi connectivity index (χ4n) is 2.63. The molecule has 134 valence electrons. The molecule has 0 saturated carbocycles. The number of aromatic nitrogens is 2. The first-order chi connectivity index (χ1) is 12.6. The first kappa shape index (κ1) is 17.6. The van der Waals surface area contributed by atoms with E-state index in [4.69, 9.17) is 4.74 Å². The molecule has 0 aliphatic rings. The van der Waals surface area contributed by atoms with Gasteiger partial charge in [-0.2, -0.15) is 0 Å². The number of carbonyl (C=O) groups is 2. The van der Waals surface area contributed by atoms with Gasteiger partial charge < -0.3 is 15.4 Å². The molecular formula is C19H20N4O3. The van der Waals surface area contributed by atoms with Crippen molar-refractivity contribution < 1.29 is 14.3 Å². The molecule has 7 heteroatoms. The number of ether oxygens (including phenoxy) is 1. The van der Waals surface area contributed by atoms with E-state index in [2.05, 4.69) is 15.6 Å². The van der Waals surface area contributed by atoms with E-state index >= 15 is 0 Å². The van der Waals surface area contributed by atoms with Crippen molar-refractivity contribution >= 4 is 23.0 Å². The molecule has 2 amide bonds. The quantitative estimate of drug-likeness (QED) is 0.667. The Morgan fingerprint density at radius 2 is 2.00 bits per heavy atom. The molecule has 0 aliphatic carbocycles. The number of carbonyl (C=O) groups excluding carboxylic acids is 2. The molecule has 0 saturated heterocycles. The zero-order valence-corrected chi connectivity index (χ0v) is 14.7. The molecule has 3 aromatic rings. The predicted octanol–water partition coefficient (Wildman–Crippen LogP) is 2.27. The van der Waals surface area contributed by atoms with Gasteiger partial charge in [-0.1, -0.05) is 18.2 Å². The summed E-state index contributed by atoms with van der Waals surface area (Å²) in [5.41, 5.74) is 2.48. The van der Waals surface area contributed by atoms with Crippen LogP contribution in [-0.4, -0.2) is 41.5 Å². The third-order valence-corrected chi connectivity index (χ3v) is 3.83. The summed E-state index contributed by atoms with van der Waals surface area (Å²) in [6.07, 6.45) is 1.71. The number of nitrogens with zero attached hydrogens (tertiary/aromatic N) is 2. The van der Waals surface area contributed by atoms with Gasteiger partial charge in [0.25, 0.3) is 11.8 Å². The molecule has 0 aliphatic heterocycles. The van der Waals surface area contributed by atoms with Gasteiger partial charge in [0.2, 0.25) is 5.82 Å². The van der Waals surface area contributed by atoms with Crippen LogP contribution in [0.1, 0.15) is 26.7 Å². The van der Waals surface area contributed by atoms with E-state index < -0.39 is 0 Å². The highest BCUT2D eigenvalue weighted by Crippen LogP contribution is 2.16. The normalized spacial score (nSPS) is 10.7. The van der Waals surface area contributed by atoms with Gasteiger partial charge in [-0.3, -0.25) is 14.0 Å². The number of aryl methyl sites for hydroxylation is 1. The van der Waals surface area contributed by atoms with Crippen LogP contribution in [-0.2, 0) is 4.74 Å². The molecule has 2 N–H and O–H groups in total. The number of hydrogen-bond donors (Lipinski definition) is 2. The Kier molecular flexibility index (Phi) is 5.28. The minimum atomic E-state index is -0.382. The van der Waals surface area contributed by atoms with Crippen LogP contribution < -0.4 is 10.6 Å². The Balaban J connectivity index is 1.91. The van der Waals surface area contributed by atoms with Gasteiger partial charge in [-0.05, 0) is 36.8 Å². The molecular weight excluding hydrogens is 332 g/mol. The minimum absolute atomic E-state index is 0.152. The first-order valence-electron chi connectivity index (χ1n) is 8.22. The fraction of sp³-hybridized carbons (Fsp3) is 0.211. The summed E-state index contributed by atoms with van der Waals surface area (Å²) in [7, 11) is 1.56. The lowest BCUT2D eigenvalue weighted by molar-refractivity contribution is 0.0934. The Bertz CT molecular complexity index is 949. The topological polar surface area (TPSA) is 84.7 Å². The second kappa shape index (κ2) is 7.79. The molecule has 0 atom stereocenters. The Hall–Kier alpha value is -3.19. The van der Waals surface area contributed by atoms with E-state index in [1.807, 2.05) is 25.1 Å². The fourth-order valence-corrected chi connectivity index (χ4v) is 2.63. The van der Waals surface area contributed by atoms with E-state index in [1.54, 1.807) is 42.0 Å². The molecule has 0 unspecified atom stereocenters. The average Bonchev–Trinajstić information content (AvgIpc) is 3.02. The molecule has 0 bridgehead atoms. The van der Waals surface area contributed by atoms with Crippen LogP contribution in [0.15, 0.2) is 48.7 Å². The molecule has 3 rings (SSSR count). The Labute approximate surface area is 151 Å². The van der Waals surface area contributed by atoms with Gasteiger partial charge in [0.1, 0.15) is 0 Å². The SMILES string of the molecule is COCCNC(=O)c1nc(C(=O)Nc2cccc(C)c2)n2ccccc12. The van der Waals surface area contributed by atoms with Crippen molar-refractivity contribution in [3.8, 4) is 0 Å². The van der Waals surface area contributed by atoms with Crippen molar-refractivity contribution in [2.45, 2.75) is 6.92 Å². The van der Waals surface area contributed by atoms with Crippen molar-refractivity contribution in [2.75, 3.05) is 25.6 Å². The van der Waals surface area contributed by atoms with Gasteiger partial charge in [0.15, 0.2) is 5.69 Å². The zero-order chi connectivity index (χ0) is 18.5. The summed E-state index contributed by atoms with van der Waals surface area (Å²) in [5, 5.41) is 5.55. The minimum Gasteiger partial charge on any atom is -0.383 e. The van der Waals surface area contributed by atoms with Crippen molar-refractivity contribution in [2.24, 2.45) is 0 Å². The van der Waals surface area contributed by atoms with Crippen LogP contribution in [0.3, 0.4) is 0 Å². The van der Waals surface area contributed by atoms with Crippen molar-refractivity contribution in [1.29, 1.82) is 0 Å². The van der Waals surface area contributed by atoms with Crippen molar-refractivity contribution in [3.63, 3.8) is 0 Å². The summed E-state index contributed by atoms with van der Waals surface area (Å²) in [6, 6.07) is 12.8. The monoisotopic (exact) mass is 352 g/mol. The second-order valence-corrected chi connectivity index (χ2v) is 5.81. The number of imidazole rings is 1. The van der Waals surface area contributed by atoms with E-state index in [0.29, 0.717) is 24.4 Å². The van der Waals surface area contributed by atoms with Gasteiger partial charge in [-0.15, -0.1) is 0 Å². The number of anilines is 1. The second-order valence-electron chi connectivity index (χ2n) is 5.81. The number of amides is 2.